The molecule has 0 atom stereocenters. The van der Waals surface area contributed by atoms with Gasteiger partial charge in [0.25, 0.3) is 5.91 Å². The smallest absolute Gasteiger partial charge is 0.263 e. The number of fused-ring (bicyclic) bond motifs is 1. The van der Waals surface area contributed by atoms with Crippen LogP contribution in [0.4, 0.5) is 5.69 Å². The number of thiophene rings is 1. The number of halogens is 1. The quantitative estimate of drug-likeness (QED) is 0.895. The lowest BCUT2D eigenvalue weighted by Gasteiger charge is -2.00. The molecule has 0 spiro atoms. The molecule has 2 heterocycles. The van der Waals surface area contributed by atoms with Crippen LogP contribution in [0.3, 0.4) is 0 Å². The van der Waals surface area contributed by atoms with Gasteiger partial charge < -0.3 is 11.1 Å². The first-order valence-electron chi connectivity index (χ1n) is 4.74. The van der Waals surface area contributed by atoms with Crippen LogP contribution in [0.1, 0.15) is 16.6 Å². The SMILES string of the molecule is CCNC(=O)c1sc2cncc(Br)c2c1N. The molecule has 0 aliphatic rings. The minimum atomic E-state index is -0.131. The van der Waals surface area contributed by atoms with Crippen molar-refractivity contribution in [3.63, 3.8) is 0 Å². The van der Waals surface area contributed by atoms with Crippen LogP contribution in [-0.2, 0) is 0 Å². The predicted molar refractivity (Wildman–Crippen MR) is 69.7 cm³/mol. The van der Waals surface area contributed by atoms with Gasteiger partial charge in [-0.1, -0.05) is 0 Å². The van der Waals surface area contributed by atoms with Gasteiger partial charge in [-0.25, -0.2) is 0 Å². The molecular weight excluding hydrogens is 290 g/mol. The fraction of sp³-hybridized carbons (Fsp3) is 0.200. The van der Waals surface area contributed by atoms with Crippen molar-refractivity contribution in [3.05, 3.63) is 21.7 Å². The molecule has 6 heteroatoms. The lowest BCUT2D eigenvalue weighted by molar-refractivity contribution is 0.0960. The zero-order valence-corrected chi connectivity index (χ0v) is 11.0. The van der Waals surface area contributed by atoms with Gasteiger partial charge in [0, 0.05) is 28.8 Å². The number of amides is 1. The van der Waals surface area contributed by atoms with Crippen LogP contribution in [0.25, 0.3) is 10.1 Å². The van der Waals surface area contributed by atoms with Crippen molar-refractivity contribution in [2.75, 3.05) is 12.3 Å². The molecule has 84 valence electrons. The van der Waals surface area contributed by atoms with Gasteiger partial charge in [0.05, 0.1) is 10.4 Å². The standard InChI is InChI=1S/C10H10BrN3OS/c1-2-14-10(15)9-8(12)7-5(11)3-13-4-6(7)16-9/h3-4H,2,12H2,1H3,(H,14,15). The molecule has 0 aliphatic heterocycles. The monoisotopic (exact) mass is 299 g/mol. The van der Waals surface area contributed by atoms with E-state index in [9.17, 15) is 4.79 Å². The highest BCUT2D eigenvalue weighted by Gasteiger charge is 2.17. The number of nitrogens with two attached hydrogens (primary N) is 1. The molecule has 0 aromatic carbocycles. The summed E-state index contributed by atoms with van der Waals surface area (Å²) in [6, 6.07) is 0. The van der Waals surface area contributed by atoms with Gasteiger partial charge in [-0.15, -0.1) is 11.3 Å². The molecule has 1 amide bonds. The van der Waals surface area contributed by atoms with Crippen LogP contribution in [0, 0.1) is 0 Å². The first-order chi connectivity index (χ1) is 7.65. The van der Waals surface area contributed by atoms with Gasteiger partial charge >= 0.3 is 0 Å². The Kier molecular flexibility index (Phi) is 3.11. The summed E-state index contributed by atoms with van der Waals surface area (Å²) in [5, 5.41) is 3.60. The zero-order chi connectivity index (χ0) is 11.7. The van der Waals surface area contributed by atoms with Crippen molar-refractivity contribution >= 4 is 48.9 Å². The average Bonchev–Trinajstić information content (AvgIpc) is 2.58. The number of anilines is 1. The van der Waals surface area contributed by atoms with E-state index in [2.05, 4.69) is 26.2 Å². The number of rotatable bonds is 2. The largest absolute Gasteiger partial charge is 0.397 e. The van der Waals surface area contributed by atoms with Crippen LogP contribution >= 0.6 is 27.3 Å². The lowest BCUT2D eigenvalue weighted by atomic mass is 10.2. The highest BCUT2D eigenvalue weighted by atomic mass is 79.9. The first-order valence-corrected chi connectivity index (χ1v) is 6.35. The molecule has 3 N–H and O–H groups in total. The minimum Gasteiger partial charge on any atom is -0.397 e. The molecule has 2 aromatic rings. The molecular formula is C10H10BrN3OS. The van der Waals surface area contributed by atoms with Crippen molar-refractivity contribution in [1.82, 2.24) is 10.3 Å². The summed E-state index contributed by atoms with van der Waals surface area (Å²) in [4.78, 5) is 16.3. The number of nitrogens with one attached hydrogen (secondary N) is 1. The van der Waals surface area contributed by atoms with E-state index in [0.29, 0.717) is 17.1 Å². The van der Waals surface area contributed by atoms with Crippen LogP contribution < -0.4 is 11.1 Å². The summed E-state index contributed by atoms with van der Waals surface area (Å²) in [7, 11) is 0. The normalized spacial score (nSPS) is 10.6. The van der Waals surface area contributed by atoms with E-state index in [1.807, 2.05) is 6.92 Å². The molecule has 0 saturated heterocycles. The number of nitrogens with zero attached hydrogens (tertiary/aromatic N) is 1. The van der Waals surface area contributed by atoms with E-state index in [1.54, 1.807) is 12.4 Å². The van der Waals surface area contributed by atoms with Gasteiger partial charge in [0.15, 0.2) is 0 Å². The number of carbonyl (C=O) groups excluding carboxylic acids is 1. The molecule has 16 heavy (non-hydrogen) atoms. The molecule has 4 nitrogen and oxygen atoms in total. The molecule has 0 saturated carbocycles. The number of nitrogen functional groups attached to an aromatic ring is 1. The highest BCUT2D eigenvalue weighted by Crippen LogP contribution is 2.37. The van der Waals surface area contributed by atoms with Crippen molar-refractivity contribution in [3.8, 4) is 0 Å². The summed E-state index contributed by atoms with van der Waals surface area (Å²) in [6.07, 6.45) is 3.39. The summed E-state index contributed by atoms with van der Waals surface area (Å²) < 4.78 is 1.72. The Morgan fingerprint density at radius 3 is 3.00 bits per heavy atom. The second kappa shape index (κ2) is 4.39. The number of hydrogen-bond acceptors (Lipinski definition) is 4. The Morgan fingerprint density at radius 2 is 2.38 bits per heavy atom. The maximum absolute atomic E-state index is 11.7. The maximum Gasteiger partial charge on any atom is 0.263 e. The summed E-state index contributed by atoms with van der Waals surface area (Å²) >= 11 is 4.74. The Labute approximate surface area is 105 Å². The Morgan fingerprint density at radius 1 is 1.62 bits per heavy atom. The fourth-order valence-electron chi connectivity index (χ4n) is 1.44. The van der Waals surface area contributed by atoms with E-state index in [-0.39, 0.29) is 5.91 Å². The summed E-state index contributed by atoms with van der Waals surface area (Å²) in [5.41, 5.74) is 6.48. The third-order valence-electron chi connectivity index (χ3n) is 2.13. The molecule has 0 unspecified atom stereocenters. The second-order valence-electron chi connectivity index (χ2n) is 3.20. The van der Waals surface area contributed by atoms with Crippen LogP contribution in [-0.4, -0.2) is 17.4 Å². The van der Waals surface area contributed by atoms with Crippen LogP contribution in [0.5, 0.6) is 0 Å². The molecule has 2 aromatic heterocycles. The van der Waals surface area contributed by atoms with Gasteiger partial charge in [-0.2, -0.15) is 0 Å². The van der Waals surface area contributed by atoms with Crippen molar-refractivity contribution < 1.29 is 4.79 Å². The third kappa shape index (κ3) is 1.78. The number of carbonyl (C=O) groups is 1. The van der Waals surface area contributed by atoms with Crippen LogP contribution in [0.15, 0.2) is 16.9 Å². The highest BCUT2D eigenvalue weighted by molar-refractivity contribution is 9.10. The van der Waals surface area contributed by atoms with Crippen molar-refractivity contribution in [2.24, 2.45) is 0 Å². The van der Waals surface area contributed by atoms with Gasteiger partial charge in [-0.3, -0.25) is 9.78 Å². The first kappa shape index (κ1) is 11.3. The lowest BCUT2D eigenvalue weighted by Crippen LogP contribution is -2.22. The Balaban J connectivity index is 2.61. The molecule has 2 rings (SSSR count). The topological polar surface area (TPSA) is 68.0 Å². The summed E-state index contributed by atoms with van der Waals surface area (Å²) in [6.45, 7) is 2.46. The zero-order valence-electron chi connectivity index (χ0n) is 8.58. The minimum absolute atomic E-state index is 0.131. The van der Waals surface area contributed by atoms with E-state index in [0.717, 1.165) is 14.6 Å². The Hall–Kier alpha value is -1.14. The number of hydrogen-bond donors (Lipinski definition) is 2. The van der Waals surface area contributed by atoms with Crippen molar-refractivity contribution in [1.29, 1.82) is 0 Å². The van der Waals surface area contributed by atoms with E-state index >= 15 is 0 Å². The predicted octanol–water partition coefficient (Wildman–Crippen LogP) is 2.39. The summed E-state index contributed by atoms with van der Waals surface area (Å²) in [5.74, 6) is -0.131. The molecule has 0 fully saturated rings. The number of pyridine rings is 1. The Bertz CT molecular complexity index is 552. The maximum atomic E-state index is 11.7. The van der Waals surface area contributed by atoms with E-state index in [4.69, 9.17) is 5.73 Å². The molecule has 0 aliphatic carbocycles. The average molecular weight is 300 g/mol. The third-order valence-corrected chi connectivity index (χ3v) is 3.87. The van der Waals surface area contributed by atoms with Gasteiger partial charge in [-0.05, 0) is 22.9 Å². The van der Waals surface area contributed by atoms with E-state index in [1.165, 1.54) is 11.3 Å². The molecule has 0 bridgehead atoms. The number of aromatic nitrogens is 1. The van der Waals surface area contributed by atoms with Gasteiger partial charge in [0.1, 0.15) is 4.88 Å². The molecule has 0 radical (unpaired) electrons. The van der Waals surface area contributed by atoms with Crippen LogP contribution in [0.2, 0.25) is 0 Å². The van der Waals surface area contributed by atoms with E-state index < -0.39 is 0 Å². The van der Waals surface area contributed by atoms with Gasteiger partial charge in [0.2, 0.25) is 0 Å². The van der Waals surface area contributed by atoms with Crippen molar-refractivity contribution in [2.45, 2.75) is 6.92 Å². The second-order valence-corrected chi connectivity index (χ2v) is 5.11. The fourth-order valence-corrected chi connectivity index (χ4v) is 3.15.